The van der Waals surface area contributed by atoms with Crippen LogP contribution in [0.3, 0.4) is 0 Å². The van der Waals surface area contributed by atoms with Gasteiger partial charge in [0.1, 0.15) is 0 Å². The minimum Gasteiger partial charge on any atom is -0.0622 e. The summed E-state index contributed by atoms with van der Waals surface area (Å²) in [7, 11) is 0. The van der Waals surface area contributed by atoms with E-state index in [-0.39, 0.29) is 0 Å². The van der Waals surface area contributed by atoms with Crippen LogP contribution in [0.5, 0.6) is 0 Å². The summed E-state index contributed by atoms with van der Waals surface area (Å²) in [5, 5.41) is 4.96. The molecule has 2 aliphatic rings. The van der Waals surface area contributed by atoms with Crippen molar-refractivity contribution in [2.24, 2.45) is 0 Å². The summed E-state index contributed by atoms with van der Waals surface area (Å²) in [5.74, 6) is 0. The van der Waals surface area contributed by atoms with Gasteiger partial charge < -0.3 is 0 Å². The first-order chi connectivity index (χ1) is 27.8. The largest absolute Gasteiger partial charge is 0.0622 e. The summed E-state index contributed by atoms with van der Waals surface area (Å²) in [6, 6.07) is 80.4. The predicted octanol–water partition coefficient (Wildman–Crippen LogP) is 14.7. The van der Waals surface area contributed by atoms with E-state index in [0.29, 0.717) is 0 Å². The van der Waals surface area contributed by atoms with Gasteiger partial charge in [-0.25, -0.2) is 0 Å². The molecular weight excluding hydrogens is 673 g/mol. The molecule has 2 aliphatic carbocycles. The lowest BCUT2D eigenvalue weighted by Gasteiger charge is -2.19. The molecule has 0 radical (unpaired) electrons. The maximum Gasteiger partial charge on any atom is -0.000137 e. The van der Waals surface area contributed by atoms with Gasteiger partial charge in [-0.1, -0.05) is 194 Å². The quantitative estimate of drug-likeness (QED) is 0.161. The minimum absolute atomic E-state index is 1.21. The molecule has 0 saturated heterocycles. The number of hydrogen-bond acceptors (Lipinski definition) is 0. The van der Waals surface area contributed by atoms with Gasteiger partial charge in [0.25, 0.3) is 0 Å². The Kier molecular flexibility index (Phi) is 7.60. The Morgan fingerprint density at radius 2 is 0.500 bits per heavy atom. The van der Waals surface area contributed by atoms with Crippen LogP contribution in [-0.2, 0) is 0 Å². The molecule has 0 spiro atoms. The summed E-state index contributed by atoms with van der Waals surface area (Å²) >= 11 is 0. The lowest BCUT2D eigenvalue weighted by Crippen LogP contribution is -1.97. The third kappa shape index (κ3) is 5.22. The first kappa shape index (κ1) is 32.2. The van der Waals surface area contributed by atoms with Crippen LogP contribution in [-0.4, -0.2) is 0 Å². The Morgan fingerprint density at radius 3 is 0.964 bits per heavy atom. The molecule has 0 fully saturated rings. The van der Waals surface area contributed by atoms with Crippen molar-refractivity contribution < 1.29 is 0 Å². The highest BCUT2D eigenvalue weighted by Crippen LogP contribution is 2.62. The van der Waals surface area contributed by atoms with Gasteiger partial charge >= 0.3 is 0 Å². The van der Waals surface area contributed by atoms with Crippen molar-refractivity contribution in [1.82, 2.24) is 0 Å². The van der Waals surface area contributed by atoms with Crippen molar-refractivity contribution >= 4 is 49.4 Å². The van der Waals surface area contributed by atoms with E-state index in [0.717, 1.165) is 0 Å². The van der Waals surface area contributed by atoms with E-state index < -0.39 is 0 Å². The van der Waals surface area contributed by atoms with Crippen LogP contribution in [0.25, 0.3) is 71.7 Å². The molecule has 260 valence electrons. The molecule has 0 aliphatic heterocycles. The molecule has 56 heavy (non-hydrogen) atoms. The van der Waals surface area contributed by atoms with Crippen LogP contribution < -0.4 is 0 Å². The van der Waals surface area contributed by atoms with Crippen LogP contribution in [0.1, 0.15) is 33.4 Å². The monoisotopic (exact) mass is 708 g/mol. The van der Waals surface area contributed by atoms with Gasteiger partial charge in [0.2, 0.25) is 0 Å². The molecule has 9 aromatic rings. The number of benzene rings is 9. The fourth-order valence-electron chi connectivity index (χ4n) is 9.07. The Hall–Kier alpha value is -7.28. The average molecular weight is 709 g/mol. The molecule has 11 rings (SSSR count). The normalized spacial score (nSPS) is 13.5. The molecule has 0 N–H and O–H groups in total. The van der Waals surface area contributed by atoms with Gasteiger partial charge in [0.15, 0.2) is 0 Å². The Labute approximate surface area is 327 Å². The predicted molar refractivity (Wildman–Crippen MR) is 238 cm³/mol. The van der Waals surface area contributed by atoms with Crippen LogP contribution in [0.2, 0.25) is 0 Å². The average Bonchev–Trinajstić information content (AvgIpc) is 3.79. The zero-order valence-electron chi connectivity index (χ0n) is 30.8. The Morgan fingerprint density at radius 1 is 0.161 bits per heavy atom. The van der Waals surface area contributed by atoms with Crippen LogP contribution in [0.4, 0.5) is 0 Å². The van der Waals surface area contributed by atoms with E-state index >= 15 is 0 Å². The molecule has 0 atom stereocenters. The summed E-state index contributed by atoms with van der Waals surface area (Å²) in [4.78, 5) is 0. The maximum absolute atomic E-state index is 2.49. The highest BCUT2D eigenvalue weighted by atomic mass is 14.4. The number of allylic oxidation sites excluding steroid dienone is 5. The van der Waals surface area contributed by atoms with E-state index in [4.69, 9.17) is 0 Å². The first-order valence-electron chi connectivity index (χ1n) is 19.4. The van der Waals surface area contributed by atoms with Crippen molar-refractivity contribution in [2.75, 3.05) is 0 Å². The number of fused-ring (bicyclic) bond motifs is 5. The van der Waals surface area contributed by atoms with Crippen molar-refractivity contribution in [3.63, 3.8) is 0 Å². The zero-order valence-corrected chi connectivity index (χ0v) is 30.8. The Bertz CT molecular complexity index is 3070. The van der Waals surface area contributed by atoms with Gasteiger partial charge in [-0.2, -0.15) is 0 Å². The maximum atomic E-state index is 2.49. The van der Waals surface area contributed by atoms with E-state index in [1.165, 1.54) is 111 Å². The third-order valence-electron chi connectivity index (χ3n) is 11.6. The first-order valence-corrected chi connectivity index (χ1v) is 19.4. The van der Waals surface area contributed by atoms with E-state index in [9.17, 15) is 0 Å². The highest BCUT2D eigenvalue weighted by Gasteiger charge is 2.41. The third-order valence-corrected chi connectivity index (χ3v) is 11.6. The Balaban J connectivity index is 1.34. The van der Waals surface area contributed by atoms with Gasteiger partial charge in [-0.15, -0.1) is 0 Å². The number of hydrogen-bond donors (Lipinski definition) is 0. The van der Waals surface area contributed by atoms with Gasteiger partial charge in [0.05, 0.1) is 0 Å². The van der Waals surface area contributed by atoms with Crippen LogP contribution in [0, 0.1) is 0 Å². The summed E-state index contributed by atoms with van der Waals surface area (Å²) in [6.07, 6.45) is 0. The fourth-order valence-corrected chi connectivity index (χ4v) is 9.07. The molecule has 0 aromatic heterocycles. The van der Waals surface area contributed by atoms with Crippen LogP contribution >= 0.6 is 0 Å². The summed E-state index contributed by atoms with van der Waals surface area (Å²) in [5.41, 5.74) is 20.0. The molecule has 0 heteroatoms. The molecule has 0 unspecified atom stereocenters. The molecular formula is C56H36. The molecule has 0 nitrogen and oxygen atoms in total. The topological polar surface area (TPSA) is 0 Å². The second-order valence-corrected chi connectivity index (χ2v) is 14.8. The van der Waals surface area contributed by atoms with Crippen molar-refractivity contribution in [1.29, 1.82) is 0 Å². The fraction of sp³-hybridized carbons (Fsp3) is 0. The lowest BCUT2D eigenvalue weighted by atomic mass is 9.84. The summed E-state index contributed by atoms with van der Waals surface area (Å²) in [6.45, 7) is 0. The van der Waals surface area contributed by atoms with Crippen LogP contribution in [0.15, 0.2) is 224 Å². The van der Waals surface area contributed by atoms with Gasteiger partial charge in [-0.05, 0) is 135 Å². The SMILES string of the molecule is c1ccc(C2=C(c3ccccc3)C(c3ccc4ccccc4c3)=C3C2=C(c2ccc4ccccc4c2)c2cc(-c4ccccc4)c(-c4ccccc4)cc23)cc1. The molecule has 0 saturated carbocycles. The van der Waals surface area contributed by atoms with Crippen molar-refractivity contribution in [3.05, 3.63) is 257 Å². The van der Waals surface area contributed by atoms with Crippen molar-refractivity contribution in [2.45, 2.75) is 0 Å². The van der Waals surface area contributed by atoms with Gasteiger partial charge in [-0.3, -0.25) is 0 Å². The standard InChI is InChI=1S/C56H36/c1-5-19-39(20-6-1)47-35-49-50(36-48(47)40-21-7-2-8-22-40)55-54(46-32-30-38-18-14-16-28-44(38)34-46)52(41-23-9-3-10-24-41)53(42-25-11-4-12-26-42)56(55)51(49)45-31-29-37-17-13-15-27-43(37)33-45/h1-36H. The molecule has 0 bridgehead atoms. The smallest absolute Gasteiger partial charge is 0.000137 e. The summed E-state index contributed by atoms with van der Waals surface area (Å²) < 4.78 is 0. The number of rotatable bonds is 6. The van der Waals surface area contributed by atoms with E-state index in [2.05, 4.69) is 218 Å². The van der Waals surface area contributed by atoms with Gasteiger partial charge in [0, 0.05) is 0 Å². The molecule has 9 aromatic carbocycles. The highest BCUT2D eigenvalue weighted by molar-refractivity contribution is 6.39. The van der Waals surface area contributed by atoms with Crippen molar-refractivity contribution in [3.8, 4) is 22.3 Å². The van der Waals surface area contributed by atoms with E-state index in [1.807, 2.05) is 0 Å². The second kappa shape index (κ2) is 13.2. The lowest BCUT2D eigenvalue weighted by molar-refractivity contribution is 1.52. The van der Waals surface area contributed by atoms with E-state index in [1.54, 1.807) is 0 Å². The minimum atomic E-state index is 1.21. The zero-order chi connectivity index (χ0) is 37.0. The molecule has 0 heterocycles. The second-order valence-electron chi connectivity index (χ2n) is 14.8. The molecule has 0 amide bonds.